The van der Waals surface area contributed by atoms with Crippen LogP contribution < -0.4 is 26.2 Å². The molecule has 2 aliphatic rings. The van der Waals surface area contributed by atoms with E-state index < -0.39 is 58.0 Å². The number of amides is 4. The number of carbonyl (C=O) groups excluding carboxylic acids is 4. The number of aromatic nitrogens is 2. The van der Waals surface area contributed by atoms with Gasteiger partial charge in [0.25, 0.3) is 5.69 Å². The van der Waals surface area contributed by atoms with Crippen LogP contribution in [0.5, 0.6) is 0 Å². The lowest BCUT2D eigenvalue weighted by Crippen LogP contribution is -2.42. The summed E-state index contributed by atoms with van der Waals surface area (Å²) in [6.07, 6.45) is 0.484. The molecule has 330 valence electrons. The standard InChI is InChI=1S/C22H18F2N4O5.C22H20F2N4O3/c1-11-21(12(2)33-26-11)13-3-6-18(28(31)32)17(9-13)25-22(30)19-7-8-20(29)27(19)14-4-5-15(23)16(24)10-14;1-11-21(12(2)31-27-11)13-3-6-17(25)18(9-13)26-22(30)19-7-8-20(29)28(19)14-4-5-15(23)16(24)10-14/h3-6,9-10,19H,7-8H2,1-2H3,(H,25,30);3-6,9-10,19H,7-8,25H2,1-2H3,(H,26,30)/t2*19-/m00/s1. The number of anilines is 5. The highest BCUT2D eigenvalue weighted by atomic mass is 19.2. The number of nitro groups is 1. The van der Waals surface area contributed by atoms with Crippen molar-refractivity contribution < 1.29 is 50.7 Å². The van der Waals surface area contributed by atoms with E-state index in [1.165, 1.54) is 35.2 Å². The number of benzene rings is 4. The van der Waals surface area contributed by atoms with Crippen LogP contribution in [0, 0.1) is 61.1 Å². The highest BCUT2D eigenvalue weighted by Gasteiger charge is 2.39. The minimum absolute atomic E-state index is 0.0122. The molecule has 16 nitrogen and oxygen atoms in total. The third kappa shape index (κ3) is 8.74. The van der Waals surface area contributed by atoms with Crippen molar-refractivity contribution in [3.05, 3.63) is 129 Å². The van der Waals surface area contributed by atoms with Crippen molar-refractivity contribution in [1.82, 2.24) is 10.3 Å². The quantitative estimate of drug-likeness (QED) is 0.0543. The summed E-state index contributed by atoms with van der Waals surface area (Å²) >= 11 is 0. The number of nitrogen functional groups attached to an aromatic ring is 1. The van der Waals surface area contributed by atoms with Crippen molar-refractivity contribution >= 4 is 57.8 Å². The highest BCUT2D eigenvalue weighted by molar-refractivity contribution is 6.09. The molecule has 2 aromatic heterocycles. The summed E-state index contributed by atoms with van der Waals surface area (Å²) in [5.41, 5.74) is 10.5. The minimum atomic E-state index is -1.16. The highest BCUT2D eigenvalue weighted by Crippen LogP contribution is 2.36. The van der Waals surface area contributed by atoms with Crippen molar-refractivity contribution in [1.29, 1.82) is 0 Å². The van der Waals surface area contributed by atoms with Crippen LogP contribution in [0.15, 0.2) is 81.8 Å². The van der Waals surface area contributed by atoms with Gasteiger partial charge in [0.15, 0.2) is 23.3 Å². The SMILES string of the molecule is Cc1noc(C)c1-c1ccc(N)c(NC(=O)[C@@H]2CCC(=O)N2c2ccc(F)c(F)c2)c1.Cc1noc(C)c1-c1ccc([N+](=O)[O-])c(NC(=O)[C@@H]2CCC(=O)N2c2ccc(F)c(F)c2)c1. The van der Waals surface area contributed by atoms with Gasteiger partial charge in [0, 0.05) is 53.5 Å². The second-order valence-electron chi connectivity index (χ2n) is 15.0. The first-order valence-electron chi connectivity index (χ1n) is 19.6. The second-order valence-corrected chi connectivity index (χ2v) is 15.0. The number of hydrogen-bond acceptors (Lipinski definition) is 11. The number of nitro benzene ring substituents is 1. The van der Waals surface area contributed by atoms with E-state index in [0.717, 1.165) is 40.3 Å². The van der Waals surface area contributed by atoms with Gasteiger partial charge in [-0.25, -0.2) is 17.6 Å². The Morgan fingerprint density at radius 2 is 1.11 bits per heavy atom. The van der Waals surface area contributed by atoms with Crippen LogP contribution in [0.4, 0.5) is 51.7 Å². The van der Waals surface area contributed by atoms with E-state index in [-0.39, 0.29) is 54.3 Å². The molecule has 20 heteroatoms. The van der Waals surface area contributed by atoms with Crippen molar-refractivity contribution in [2.24, 2.45) is 0 Å². The Balaban J connectivity index is 0.000000192. The van der Waals surface area contributed by atoms with Crippen LogP contribution in [0.2, 0.25) is 0 Å². The molecule has 64 heavy (non-hydrogen) atoms. The predicted molar refractivity (Wildman–Crippen MR) is 225 cm³/mol. The van der Waals surface area contributed by atoms with Crippen molar-refractivity contribution in [3.8, 4) is 22.3 Å². The molecule has 4 amide bonds. The fourth-order valence-electron chi connectivity index (χ4n) is 7.77. The lowest BCUT2D eigenvalue weighted by Gasteiger charge is -2.24. The average Bonchev–Trinajstić information content (AvgIpc) is 4.02. The minimum Gasteiger partial charge on any atom is -0.397 e. The summed E-state index contributed by atoms with van der Waals surface area (Å²) in [6.45, 7) is 7.01. The number of aryl methyl sites for hydroxylation is 4. The Labute approximate surface area is 361 Å². The van der Waals surface area contributed by atoms with Crippen LogP contribution >= 0.6 is 0 Å². The van der Waals surface area contributed by atoms with Gasteiger partial charge in [-0.05, 0) is 100 Å². The molecular weight excluding hydrogens is 845 g/mol. The van der Waals surface area contributed by atoms with Gasteiger partial charge in [-0.3, -0.25) is 39.1 Å². The first-order valence-corrected chi connectivity index (χ1v) is 19.6. The molecular formula is C44H38F4N8O8. The molecule has 0 saturated carbocycles. The maximum Gasteiger partial charge on any atom is 0.292 e. The zero-order valence-electron chi connectivity index (χ0n) is 34.5. The number of carbonyl (C=O) groups is 4. The molecule has 2 fully saturated rings. The number of hydrogen-bond donors (Lipinski definition) is 3. The van der Waals surface area contributed by atoms with Gasteiger partial charge >= 0.3 is 0 Å². The van der Waals surface area contributed by atoms with Gasteiger partial charge in [-0.1, -0.05) is 16.4 Å². The normalized spacial score (nSPS) is 15.9. The summed E-state index contributed by atoms with van der Waals surface area (Å²) in [7, 11) is 0. The summed E-state index contributed by atoms with van der Waals surface area (Å²) in [5.74, 6) is -5.18. The Morgan fingerprint density at radius 3 is 1.53 bits per heavy atom. The van der Waals surface area contributed by atoms with Gasteiger partial charge < -0.3 is 25.4 Å². The Kier molecular flexibility index (Phi) is 12.3. The molecule has 0 unspecified atom stereocenters. The molecule has 2 saturated heterocycles. The van der Waals surface area contributed by atoms with E-state index in [9.17, 15) is 46.9 Å². The molecule has 8 rings (SSSR count). The number of nitrogens with two attached hydrogens (primary N) is 1. The first-order chi connectivity index (χ1) is 30.4. The van der Waals surface area contributed by atoms with Crippen molar-refractivity contribution in [2.75, 3.05) is 26.2 Å². The van der Waals surface area contributed by atoms with E-state index >= 15 is 0 Å². The lowest BCUT2D eigenvalue weighted by molar-refractivity contribution is -0.383. The summed E-state index contributed by atoms with van der Waals surface area (Å²) in [5, 5.41) is 24.6. The molecule has 0 aliphatic carbocycles. The van der Waals surface area contributed by atoms with E-state index in [0.29, 0.717) is 45.4 Å². The fourth-order valence-corrected chi connectivity index (χ4v) is 7.77. The van der Waals surface area contributed by atoms with Crippen LogP contribution in [0.25, 0.3) is 22.3 Å². The predicted octanol–water partition coefficient (Wildman–Crippen LogP) is 8.23. The Bertz CT molecular complexity index is 2820. The maximum atomic E-state index is 13.7. The van der Waals surface area contributed by atoms with Crippen molar-refractivity contribution in [2.45, 2.75) is 65.5 Å². The average molecular weight is 883 g/mol. The van der Waals surface area contributed by atoms with Crippen LogP contribution in [-0.4, -0.2) is 50.9 Å². The van der Waals surface area contributed by atoms with Crippen LogP contribution in [0.1, 0.15) is 48.6 Å². The van der Waals surface area contributed by atoms with Gasteiger partial charge in [-0.15, -0.1) is 0 Å². The largest absolute Gasteiger partial charge is 0.397 e. The molecule has 0 bridgehead atoms. The molecule has 4 N–H and O–H groups in total. The molecule has 0 radical (unpaired) electrons. The molecule has 0 spiro atoms. The monoisotopic (exact) mass is 882 g/mol. The number of nitrogens with one attached hydrogen (secondary N) is 2. The maximum absolute atomic E-state index is 13.7. The number of nitrogens with zero attached hydrogens (tertiary/aromatic N) is 5. The summed E-state index contributed by atoms with van der Waals surface area (Å²) in [6, 6.07) is 13.4. The smallest absolute Gasteiger partial charge is 0.292 e. The summed E-state index contributed by atoms with van der Waals surface area (Å²) < 4.78 is 64.4. The zero-order chi connectivity index (χ0) is 46.1. The van der Waals surface area contributed by atoms with Gasteiger partial charge in [0.1, 0.15) is 29.3 Å². The summed E-state index contributed by atoms with van der Waals surface area (Å²) in [4.78, 5) is 64.0. The van der Waals surface area contributed by atoms with E-state index in [1.807, 2.05) is 6.92 Å². The fraction of sp³-hybridized carbons (Fsp3) is 0.227. The zero-order valence-corrected chi connectivity index (χ0v) is 34.5. The molecule has 4 aromatic carbocycles. The van der Waals surface area contributed by atoms with E-state index in [1.54, 1.807) is 39.0 Å². The van der Waals surface area contributed by atoms with Crippen LogP contribution in [0.3, 0.4) is 0 Å². The van der Waals surface area contributed by atoms with Gasteiger partial charge in [0.2, 0.25) is 23.6 Å². The Hall–Kier alpha value is -7.90. The molecule has 2 aliphatic heterocycles. The second kappa shape index (κ2) is 17.8. The number of rotatable bonds is 9. The van der Waals surface area contributed by atoms with E-state index in [2.05, 4.69) is 20.9 Å². The Morgan fingerprint density at radius 1 is 0.672 bits per heavy atom. The topological polar surface area (TPSA) is 220 Å². The van der Waals surface area contributed by atoms with E-state index in [4.69, 9.17) is 14.8 Å². The van der Waals surface area contributed by atoms with Crippen LogP contribution in [-0.2, 0) is 19.2 Å². The lowest BCUT2D eigenvalue weighted by atomic mass is 10.0. The third-order valence-electron chi connectivity index (χ3n) is 10.8. The van der Waals surface area contributed by atoms with Gasteiger partial charge in [-0.2, -0.15) is 0 Å². The first kappa shape index (κ1) is 44.2. The number of halogens is 4. The van der Waals surface area contributed by atoms with Crippen molar-refractivity contribution in [3.63, 3.8) is 0 Å². The molecule has 2 atom stereocenters. The molecule has 6 aromatic rings. The molecule has 4 heterocycles. The van der Waals surface area contributed by atoms with Gasteiger partial charge in [0.05, 0.1) is 27.7 Å². The third-order valence-corrected chi connectivity index (χ3v) is 10.8.